The number of nitrogens with two attached hydrogens (primary N) is 1. The number of hydrogen-bond donors (Lipinski definition) is 3. The second-order valence-electron chi connectivity index (χ2n) is 11.3. The number of anilines is 2. The third-order valence-corrected chi connectivity index (χ3v) is 8.71. The predicted molar refractivity (Wildman–Crippen MR) is 155 cm³/mol. The van der Waals surface area contributed by atoms with Crippen LogP contribution in [0.5, 0.6) is 0 Å². The maximum atomic E-state index is 13.7. The molecule has 0 bridgehead atoms. The summed E-state index contributed by atoms with van der Waals surface area (Å²) in [7, 11) is 0. The highest BCUT2D eigenvalue weighted by Gasteiger charge is 2.47. The molecule has 2 aliphatic rings. The third kappa shape index (κ3) is 4.95. The van der Waals surface area contributed by atoms with Crippen LogP contribution in [-0.2, 0) is 28.0 Å². The molecule has 0 saturated heterocycles. The molecule has 3 heterocycles. The molecule has 9 nitrogen and oxygen atoms in total. The number of amides is 1. The Kier molecular flexibility index (Phi) is 6.87. The van der Waals surface area contributed by atoms with Crippen LogP contribution in [0.15, 0.2) is 42.5 Å². The van der Waals surface area contributed by atoms with Crippen molar-refractivity contribution in [1.29, 1.82) is 0 Å². The summed E-state index contributed by atoms with van der Waals surface area (Å²) < 4.78 is 29.3. The van der Waals surface area contributed by atoms with Crippen LogP contribution in [0.25, 0.3) is 22.4 Å². The number of alkyl halides is 2. The number of halogens is 3. The van der Waals surface area contributed by atoms with Crippen LogP contribution < -0.4 is 11.1 Å². The Morgan fingerprint density at radius 1 is 1.17 bits per heavy atom. The van der Waals surface area contributed by atoms with Crippen molar-refractivity contribution in [2.24, 2.45) is 5.92 Å². The quantitative estimate of drug-likeness (QED) is 0.245. The molecule has 2 aromatic carbocycles. The van der Waals surface area contributed by atoms with Gasteiger partial charge in [-0.15, -0.1) is 0 Å². The average molecular weight is 595 g/mol. The van der Waals surface area contributed by atoms with Crippen molar-refractivity contribution in [3.05, 3.63) is 64.2 Å². The number of aliphatic carboxylic acids is 1. The molecule has 4 N–H and O–H groups in total. The van der Waals surface area contributed by atoms with E-state index in [0.29, 0.717) is 47.7 Å². The number of aromatic nitrogens is 4. The normalized spacial score (nSPS) is 20.0. The number of benzene rings is 2. The lowest BCUT2D eigenvalue weighted by atomic mass is 9.77. The Labute approximate surface area is 245 Å². The summed E-state index contributed by atoms with van der Waals surface area (Å²) in [6.45, 7) is 2.20. The van der Waals surface area contributed by atoms with E-state index in [0.717, 1.165) is 16.5 Å². The lowest BCUT2D eigenvalue weighted by molar-refractivity contribution is -0.137. The molecule has 2 aromatic heterocycles. The van der Waals surface area contributed by atoms with Gasteiger partial charge in [0.15, 0.2) is 5.82 Å². The number of aryl methyl sites for hydroxylation is 1. The van der Waals surface area contributed by atoms with Gasteiger partial charge in [0.25, 0.3) is 0 Å². The minimum Gasteiger partial charge on any atom is -0.481 e. The fourth-order valence-electron chi connectivity index (χ4n) is 6.02. The Morgan fingerprint density at radius 2 is 1.88 bits per heavy atom. The standard InChI is InChI=1S/C30H29ClF2N6O3/c1-29(18-5-2-16(3-6-18)4-9-22(40)41)23-25(34)35-27(36-26(23)37-28(29)42)24-20-8-7-19(31)14-21(20)39(38-24)15-17-10-12-30(32,33)13-11-17/h2-3,5-8,14,17H,4,9-13,15H2,1H3,(H,40,41)(H3,34,35,36,37,42)/t29-/m1/s1. The second kappa shape index (κ2) is 10.3. The highest BCUT2D eigenvalue weighted by atomic mass is 35.5. The van der Waals surface area contributed by atoms with Crippen LogP contribution >= 0.6 is 11.6 Å². The number of nitrogens with one attached hydrogen (secondary N) is 1. The molecule has 218 valence electrons. The van der Waals surface area contributed by atoms with Gasteiger partial charge in [0.05, 0.1) is 11.1 Å². The van der Waals surface area contributed by atoms with Crippen molar-refractivity contribution >= 4 is 46.0 Å². The monoisotopic (exact) mass is 594 g/mol. The molecular weight excluding hydrogens is 566 g/mol. The number of carbonyl (C=O) groups excluding carboxylic acids is 1. The number of carboxylic acid groups (broad SMARTS) is 1. The number of carboxylic acids is 1. The highest BCUT2D eigenvalue weighted by Crippen LogP contribution is 2.45. The van der Waals surface area contributed by atoms with Crippen LogP contribution in [0.4, 0.5) is 20.4 Å². The molecule has 42 heavy (non-hydrogen) atoms. The van der Waals surface area contributed by atoms with Crippen LogP contribution in [0, 0.1) is 5.92 Å². The topological polar surface area (TPSA) is 136 Å². The van der Waals surface area contributed by atoms with E-state index in [4.69, 9.17) is 27.5 Å². The highest BCUT2D eigenvalue weighted by molar-refractivity contribution is 6.31. The van der Waals surface area contributed by atoms with Crippen molar-refractivity contribution in [3.63, 3.8) is 0 Å². The second-order valence-corrected chi connectivity index (χ2v) is 11.8. The summed E-state index contributed by atoms with van der Waals surface area (Å²) >= 11 is 6.31. The van der Waals surface area contributed by atoms with Gasteiger partial charge in [-0.25, -0.2) is 18.7 Å². The Balaban J connectivity index is 1.36. The number of carbonyl (C=O) groups is 2. The molecule has 0 spiro atoms. The van der Waals surface area contributed by atoms with E-state index in [1.807, 2.05) is 6.07 Å². The van der Waals surface area contributed by atoms with E-state index in [2.05, 4.69) is 15.3 Å². The van der Waals surface area contributed by atoms with Crippen molar-refractivity contribution in [2.45, 2.75) is 63.3 Å². The summed E-state index contributed by atoms with van der Waals surface area (Å²) in [5.41, 5.74) is 8.48. The Morgan fingerprint density at radius 3 is 2.57 bits per heavy atom. The first kappa shape index (κ1) is 28.0. The maximum Gasteiger partial charge on any atom is 0.303 e. The van der Waals surface area contributed by atoms with Crippen molar-refractivity contribution in [3.8, 4) is 11.5 Å². The number of fused-ring (bicyclic) bond motifs is 2. The van der Waals surface area contributed by atoms with Gasteiger partial charge >= 0.3 is 5.97 Å². The van der Waals surface area contributed by atoms with Crippen LogP contribution in [-0.4, -0.2) is 42.7 Å². The van der Waals surface area contributed by atoms with Crippen molar-refractivity contribution < 1.29 is 23.5 Å². The van der Waals surface area contributed by atoms with Gasteiger partial charge in [-0.3, -0.25) is 14.3 Å². The fraction of sp³-hybridized carbons (Fsp3) is 0.367. The minimum atomic E-state index is -2.62. The Bertz CT molecular complexity index is 1710. The lowest BCUT2D eigenvalue weighted by Gasteiger charge is -2.28. The smallest absolute Gasteiger partial charge is 0.303 e. The van der Waals surface area contributed by atoms with Gasteiger partial charge in [-0.1, -0.05) is 35.9 Å². The molecule has 0 radical (unpaired) electrons. The van der Waals surface area contributed by atoms with Gasteiger partial charge < -0.3 is 16.2 Å². The van der Waals surface area contributed by atoms with Crippen LogP contribution in [0.1, 0.15) is 55.7 Å². The van der Waals surface area contributed by atoms with Crippen LogP contribution in [0.2, 0.25) is 5.02 Å². The molecule has 12 heteroatoms. The minimum absolute atomic E-state index is 0.0107. The fourth-order valence-corrected chi connectivity index (χ4v) is 6.19. The first-order chi connectivity index (χ1) is 19.9. The van der Waals surface area contributed by atoms with E-state index >= 15 is 0 Å². The maximum absolute atomic E-state index is 13.7. The molecule has 1 amide bonds. The molecule has 1 aliphatic heterocycles. The zero-order valence-corrected chi connectivity index (χ0v) is 23.6. The summed E-state index contributed by atoms with van der Waals surface area (Å²) in [5, 5.41) is 17.8. The molecule has 6 rings (SSSR count). The number of rotatable bonds is 7. The molecule has 4 aromatic rings. The summed E-state index contributed by atoms with van der Waals surface area (Å²) in [6.07, 6.45) is 0.909. The van der Waals surface area contributed by atoms with Crippen LogP contribution in [0.3, 0.4) is 0 Å². The van der Waals surface area contributed by atoms with E-state index < -0.39 is 17.3 Å². The summed E-state index contributed by atoms with van der Waals surface area (Å²) in [6, 6.07) is 12.5. The van der Waals surface area contributed by atoms with Crippen molar-refractivity contribution in [1.82, 2.24) is 19.7 Å². The molecule has 1 aliphatic carbocycles. The first-order valence-electron chi connectivity index (χ1n) is 13.8. The average Bonchev–Trinajstić information content (AvgIpc) is 3.43. The SMILES string of the molecule is C[C@]1(c2ccc(CCC(=O)O)cc2)C(=O)Nc2nc(-c3nn(CC4CCC(F)(F)CC4)c4cc(Cl)ccc34)nc(N)c21. The summed E-state index contributed by atoms with van der Waals surface area (Å²) in [5.74, 6) is -3.14. The van der Waals surface area contributed by atoms with Gasteiger partial charge in [-0.2, -0.15) is 5.10 Å². The van der Waals surface area contributed by atoms with E-state index in [9.17, 15) is 18.4 Å². The molecule has 1 atom stereocenters. The van der Waals surface area contributed by atoms with E-state index in [1.54, 1.807) is 48.0 Å². The van der Waals surface area contributed by atoms with Gasteiger partial charge in [0.1, 0.15) is 22.7 Å². The lowest BCUT2D eigenvalue weighted by Crippen LogP contribution is -2.33. The zero-order chi connectivity index (χ0) is 29.8. The largest absolute Gasteiger partial charge is 0.481 e. The van der Waals surface area contributed by atoms with Gasteiger partial charge in [0, 0.05) is 36.2 Å². The molecular formula is C30H29ClF2N6O3. The van der Waals surface area contributed by atoms with E-state index in [-0.39, 0.29) is 48.5 Å². The summed E-state index contributed by atoms with van der Waals surface area (Å²) in [4.78, 5) is 33.6. The number of hydrogen-bond acceptors (Lipinski definition) is 6. The number of nitrogens with zero attached hydrogens (tertiary/aromatic N) is 4. The molecule has 1 saturated carbocycles. The predicted octanol–water partition coefficient (Wildman–Crippen LogP) is 5.83. The van der Waals surface area contributed by atoms with Gasteiger partial charge in [0.2, 0.25) is 11.8 Å². The number of nitrogen functional groups attached to an aromatic ring is 1. The first-order valence-corrected chi connectivity index (χ1v) is 14.2. The van der Waals surface area contributed by atoms with Crippen molar-refractivity contribution in [2.75, 3.05) is 11.1 Å². The molecule has 1 fully saturated rings. The van der Waals surface area contributed by atoms with Gasteiger partial charge in [-0.05, 0) is 61.4 Å². The third-order valence-electron chi connectivity index (χ3n) is 8.48. The zero-order valence-electron chi connectivity index (χ0n) is 22.8. The molecule has 0 unspecified atom stereocenters. The van der Waals surface area contributed by atoms with E-state index in [1.165, 1.54) is 0 Å². The Hall–Kier alpha value is -4.12.